The third-order valence-electron chi connectivity index (χ3n) is 4.86. The second-order valence-electron chi connectivity index (χ2n) is 7.05. The number of halogens is 1. The maximum atomic E-state index is 4.74. The van der Waals surface area contributed by atoms with E-state index in [-0.39, 0.29) is 24.0 Å². The van der Waals surface area contributed by atoms with Gasteiger partial charge in [-0.05, 0) is 38.8 Å². The lowest BCUT2D eigenvalue weighted by Crippen LogP contribution is -2.47. The molecule has 4 heterocycles. The van der Waals surface area contributed by atoms with Crippen molar-refractivity contribution in [3.63, 3.8) is 0 Å². The highest BCUT2D eigenvalue weighted by atomic mass is 127. The zero-order valence-corrected chi connectivity index (χ0v) is 19.2. The van der Waals surface area contributed by atoms with E-state index < -0.39 is 0 Å². The first-order chi connectivity index (χ1) is 13.7. The summed E-state index contributed by atoms with van der Waals surface area (Å²) >= 11 is 0. The van der Waals surface area contributed by atoms with E-state index >= 15 is 0 Å². The summed E-state index contributed by atoms with van der Waals surface area (Å²) in [6.45, 7) is 6.42. The summed E-state index contributed by atoms with van der Waals surface area (Å²) in [6.07, 6.45) is 5.75. The molecule has 0 radical (unpaired) electrons. The van der Waals surface area contributed by atoms with E-state index in [4.69, 9.17) is 4.99 Å². The van der Waals surface area contributed by atoms with Gasteiger partial charge in [-0.15, -0.1) is 34.2 Å². The monoisotopic (exact) mass is 509 g/mol. The number of hydrogen-bond acceptors (Lipinski definition) is 5. The van der Waals surface area contributed by atoms with Gasteiger partial charge in [0.05, 0.1) is 6.54 Å². The highest BCUT2D eigenvalue weighted by Gasteiger charge is 2.21. The number of nitrogens with one attached hydrogen (secondary N) is 2. The summed E-state index contributed by atoms with van der Waals surface area (Å²) in [4.78, 5) is 9.21. The van der Waals surface area contributed by atoms with E-state index in [0.29, 0.717) is 6.04 Å². The van der Waals surface area contributed by atoms with E-state index in [1.54, 1.807) is 0 Å². The van der Waals surface area contributed by atoms with Crippen LogP contribution in [0.5, 0.6) is 0 Å². The molecule has 0 bridgehead atoms. The third kappa shape index (κ3) is 5.22. The van der Waals surface area contributed by atoms with Gasteiger partial charge in [-0.3, -0.25) is 9.39 Å². The Bertz CT molecular complexity index is 962. The van der Waals surface area contributed by atoms with E-state index in [2.05, 4.69) is 37.8 Å². The Labute approximate surface area is 187 Å². The molecule has 0 aliphatic carbocycles. The summed E-state index contributed by atoms with van der Waals surface area (Å²) in [5, 5.41) is 19.8. The molecule has 3 aromatic heterocycles. The number of aromatic nitrogens is 6. The van der Waals surface area contributed by atoms with E-state index in [1.807, 2.05) is 40.4 Å². The normalized spacial score (nSPS) is 16.3. The fourth-order valence-electron chi connectivity index (χ4n) is 3.55. The Kier molecular flexibility index (Phi) is 7.40. The van der Waals surface area contributed by atoms with Crippen molar-refractivity contribution in [1.29, 1.82) is 0 Å². The molecule has 1 unspecified atom stereocenters. The van der Waals surface area contributed by atoms with Crippen molar-refractivity contribution in [2.75, 3.05) is 13.1 Å². The van der Waals surface area contributed by atoms with Gasteiger partial charge in [0.2, 0.25) is 0 Å². The van der Waals surface area contributed by atoms with Gasteiger partial charge >= 0.3 is 0 Å². The number of guanidine groups is 1. The lowest BCUT2D eigenvalue weighted by Gasteiger charge is -2.25. The standard InChI is InChI=1S/C19H27N9.HI/c1-3-20-19(23-15-9-10-16-22-14(2)26-28(16)13-15)21-11-6-8-18-25-24-17-7-4-5-12-27(17)18;/h4-5,7,12,15H,3,6,8-11,13H2,1-2H3,(H2,20,21,23);1H. The molecule has 4 rings (SSSR count). The maximum absolute atomic E-state index is 4.74. The lowest BCUT2D eigenvalue weighted by atomic mass is 10.1. The number of aliphatic imine (C=N–C) groups is 1. The van der Waals surface area contributed by atoms with Gasteiger partial charge in [0.25, 0.3) is 0 Å². The van der Waals surface area contributed by atoms with Crippen LogP contribution >= 0.6 is 24.0 Å². The van der Waals surface area contributed by atoms with E-state index in [0.717, 1.165) is 74.4 Å². The van der Waals surface area contributed by atoms with Crippen LogP contribution in [0.4, 0.5) is 0 Å². The molecule has 0 amide bonds. The first-order valence-corrected chi connectivity index (χ1v) is 9.96. The average Bonchev–Trinajstić information content (AvgIpc) is 3.27. The molecular formula is C19H28IN9. The van der Waals surface area contributed by atoms with Crippen LogP contribution in [-0.4, -0.2) is 54.5 Å². The van der Waals surface area contributed by atoms with Crippen LogP contribution in [-0.2, 0) is 19.4 Å². The number of hydrogen-bond donors (Lipinski definition) is 2. The smallest absolute Gasteiger partial charge is 0.191 e. The molecular weight excluding hydrogens is 481 g/mol. The molecule has 156 valence electrons. The minimum absolute atomic E-state index is 0. The first-order valence-electron chi connectivity index (χ1n) is 9.96. The Morgan fingerprint density at radius 3 is 3.07 bits per heavy atom. The second kappa shape index (κ2) is 9.99. The number of aryl methyl sites for hydroxylation is 3. The Hall–Kier alpha value is -2.24. The van der Waals surface area contributed by atoms with Gasteiger partial charge in [-0.1, -0.05) is 6.07 Å². The van der Waals surface area contributed by atoms with Crippen LogP contribution in [0.1, 0.15) is 37.2 Å². The fourth-order valence-corrected chi connectivity index (χ4v) is 3.55. The van der Waals surface area contributed by atoms with Crippen molar-refractivity contribution >= 4 is 35.6 Å². The van der Waals surface area contributed by atoms with Crippen LogP contribution < -0.4 is 10.6 Å². The van der Waals surface area contributed by atoms with Crippen LogP contribution in [0.2, 0.25) is 0 Å². The van der Waals surface area contributed by atoms with Gasteiger partial charge in [0, 0.05) is 38.2 Å². The first kappa shape index (κ1) is 21.5. The Morgan fingerprint density at radius 2 is 2.21 bits per heavy atom. The molecule has 0 spiro atoms. The zero-order chi connectivity index (χ0) is 19.3. The minimum Gasteiger partial charge on any atom is -0.357 e. The summed E-state index contributed by atoms with van der Waals surface area (Å²) in [5.41, 5.74) is 0.885. The number of rotatable bonds is 6. The quantitative estimate of drug-likeness (QED) is 0.228. The summed E-state index contributed by atoms with van der Waals surface area (Å²) in [5.74, 6) is 3.76. The molecule has 3 aromatic rings. The van der Waals surface area contributed by atoms with Crippen molar-refractivity contribution in [1.82, 2.24) is 40.0 Å². The summed E-state index contributed by atoms with van der Waals surface area (Å²) in [6, 6.07) is 6.25. The van der Waals surface area contributed by atoms with Gasteiger partial charge in [0.1, 0.15) is 17.5 Å². The van der Waals surface area contributed by atoms with Crippen LogP contribution in [0, 0.1) is 6.92 Å². The fraction of sp³-hybridized carbons (Fsp3) is 0.526. The van der Waals surface area contributed by atoms with E-state index in [9.17, 15) is 0 Å². The molecule has 10 heteroatoms. The zero-order valence-electron chi connectivity index (χ0n) is 16.9. The topological polar surface area (TPSA) is 97.3 Å². The van der Waals surface area contributed by atoms with Crippen LogP contribution in [0.15, 0.2) is 29.4 Å². The molecule has 0 saturated heterocycles. The summed E-state index contributed by atoms with van der Waals surface area (Å²) < 4.78 is 4.04. The largest absolute Gasteiger partial charge is 0.357 e. The van der Waals surface area contributed by atoms with Crippen molar-refractivity contribution in [2.45, 2.75) is 52.1 Å². The molecule has 0 aromatic carbocycles. The van der Waals surface area contributed by atoms with Crippen molar-refractivity contribution < 1.29 is 0 Å². The molecule has 0 fully saturated rings. The average molecular weight is 509 g/mol. The van der Waals surface area contributed by atoms with Gasteiger partial charge in [-0.25, -0.2) is 9.67 Å². The van der Waals surface area contributed by atoms with Crippen molar-refractivity contribution in [3.8, 4) is 0 Å². The number of fused-ring (bicyclic) bond motifs is 2. The van der Waals surface area contributed by atoms with E-state index in [1.165, 1.54) is 0 Å². The predicted molar refractivity (Wildman–Crippen MR) is 123 cm³/mol. The lowest BCUT2D eigenvalue weighted by molar-refractivity contribution is 0.392. The minimum atomic E-state index is 0. The molecule has 1 aliphatic heterocycles. The predicted octanol–water partition coefficient (Wildman–Crippen LogP) is 1.75. The molecule has 1 aliphatic rings. The van der Waals surface area contributed by atoms with Gasteiger partial charge in [0.15, 0.2) is 11.6 Å². The number of pyridine rings is 1. The van der Waals surface area contributed by atoms with Crippen LogP contribution in [0.25, 0.3) is 5.65 Å². The SMILES string of the molecule is CCNC(=NCCCc1nnc2ccccn12)NC1CCc2nc(C)nn2C1.I. The molecule has 9 nitrogen and oxygen atoms in total. The van der Waals surface area contributed by atoms with Gasteiger partial charge < -0.3 is 10.6 Å². The molecule has 2 N–H and O–H groups in total. The Morgan fingerprint density at radius 1 is 1.31 bits per heavy atom. The van der Waals surface area contributed by atoms with Crippen LogP contribution in [0.3, 0.4) is 0 Å². The molecule has 29 heavy (non-hydrogen) atoms. The van der Waals surface area contributed by atoms with Crippen molar-refractivity contribution in [3.05, 3.63) is 41.9 Å². The maximum Gasteiger partial charge on any atom is 0.191 e. The molecule has 1 atom stereocenters. The second-order valence-corrected chi connectivity index (χ2v) is 7.05. The highest BCUT2D eigenvalue weighted by Crippen LogP contribution is 2.12. The van der Waals surface area contributed by atoms with Gasteiger partial charge in [-0.2, -0.15) is 5.10 Å². The molecule has 0 saturated carbocycles. The summed E-state index contributed by atoms with van der Waals surface area (Å²) in [7, 11) is 0. The number of nitrogens with zero attached hydrogens (tertiary/aromatic N) is 7. The highest BCUT2D eigenvalue weighted by molar-refractivity contribution is 14.0. The Balaban J connectivity index is 0.00000240. The third-order valence-corrected chi connectivity index (χ3v) is 4.86. The van der Waals surface area contributed by atoms with Crippen molar-refractivity contribution in [2.24, 2.45) is 4.99 Å².